The van der Waals surface area contributed by atoms with Crippen molar-refractivity contribution in [1.82, 2.24) is 3.97 Å². The van der Waals surface area contributed by atoms with Crippen molar-refractivity contribution in [1.29, 1.82) is 0 Å². The summed E-state index contributed by atoms with van der Waals surface area (Å²) in [6.45, 7) is 5.41. The van der Waals surface area contributed by atoms with E-state index < -0.39 is 23.6 Å². The summed E-state index contributed by atoms with van der Waals surface area (Å²) in [6.07, 6.45) is 2.31. The maximum absolute atomic E-state index is 13.9. The van der Waals surface area contributed by atoms with E-state index in [1.807, 2.05) is 0 Å². The molecule has 36 heavy (non-hydrogen) atoms. The molecule has 11 heteroatoms. The Morgan fingerprint density at radius 1 is 1.00 bits per heavy atom. The summed E-state index contributed by atoms with van der Waals surface area (Å²) in [4.78, 5) is 12.2. The second kappa shape index (κ2) is 11.9. The molecule has 2 aromatic carbocycles. The highest BCUT2D eigenvalue weighted by Gasteiger charge is 2.33. The van der Waals surface area contributed by atoms with E-state index in [9.17, 15) is 17.8 Å². The molecule has 1 heterocycles. The molecule has 194 valence electrons. The predicted molar refractivity (Wildman–Crippen MR) is 138 cm³/mol. The Hall–Kier alpha value is -2.91. The molecule has 0 saturated heterocycles. The zero-order valence-electron chi connectivity index (χ0n) is 20.7. The topological polar surface area (TPSA) is 110 Å². The van der Waals surface area contributed by atoms with Gasteiger partial charge < -0.3 is 18.5 Å². The van der Waals surface area contributed by atoms with Gasteiger partial charge in [0.25, 0.3) is 10.0 Å². The van der Waals surface area contributed by atoms with E-state index in [-0.39, 0.29) is 36.6 Å². The third kappa shape index (κ3) is 5.90. The van der Waals surface area contributed by atoms with Gasteiger partial charge in [0.1, 0.15) is 5.75 Å². The summed E-state index contributed by atoms with van der Waals surface area (Å²) in [6, 6.07) is 12.8. The van der Waals surface area contributed by atoms with Gasteiger partial charge in [0.15, 0.2) is 0 Å². The molecule has 0 aliphatic rings. The van der Waals surface area contributed by atoms with Gasteiger partial charge in [-0.25, -0.2) is 17.2 Å². The molecular formula is C25H30NO8PS. The van der Waals surface area contributed by atoms with Crippen LogP contribution in [0.1, 0.15) is 32.0 Å². The zero-order chi connectivity index (χ0) is 26.3. The summed E-state index contributed by atoms with van der Waals surface area (Å²) in [5.74, 6) is -0.122. The Morgan fingerprint density at radius 3 is 2.25 bits per heavy atom. The summed E-state index contributed by atoms with van der Waals surface area (Å²) < 4.78 is 63.9. The Morgan fingerprint density at radius 2 is 1.67 bits per heavy atom. The summed E-state index contributed by atoms with van der Waals surface area (Å²) in [5, 5.41) is 0.476. The molecule has 3 rings (SSSR count). The Bertz CT molecular complexity index is 1390. The SMILES string of the molecule is CCOC(=O)/C=C/c1c(CP(=O)(OCC)OCC)n(S(=O)(=O)c2ccccc2)c2ccc(OC)cc12. The number of ether oxygens (including phenoxy) is 2. The van der Waals surface area contributed by atoms with Crippen molar-refractivity contribution < 1.29 is 36.3 Å². The van der Waals surface area contributed by atoms with Crippen LogP contribution in [-0.4, -0.2) is 45.3 Å². The zero-order valence-corrected chi connectivity index (χ0v) is 22.4. The van der Waals surface area contributed by atoms with E-state index >= 15 is 0 Å². The van der Waals surface area contributed by atoms with Crippen LogP contribution in [-0.2, 0) is 39.3 Å². The van der Waals surface area contributed by atoms with Crippen LogP contribution in [0.15, 0.2) is 59.5 Å². The van der Waals surface area contributed by atoms with Crippen LogP contribution in [0.5, 0.6) is 5.75 Å². The lowest BCUT2D eigenvalue weighted by molar-refractivity contribution is -0.137. The first-order valence-corrected chi connectivity index (χ1v) is 14.6. The Kier molecular flexibility index (Phi) is 9.13. The van der Waals surface area contributed by atoms with Crippen molar-refractivity contribution in [3.63, 3.8) is 0 Å². The summed E-state index contributed by atoms with van der Waals surface area (Å²) in [7, 11) is -6.42. The molecule has 0 saturated carbocycles. The molecule has 0 bridgehead atoms. The molecule has 0 unspecified atom stereocenters. The number of hydrogen-bond acceptors (Lipinski definition) is 8. The number of rotatable bonds is 12. The van der Waals surface area contributed by atoms with Gasteiger partial charge >= 0.3 is 13.6 Å². The quantitative estimate of drug-likeness (QED) is 0.176. The van der Waals surface area contributed by atoms with Gasteiger partial charge in [-0.2, -0.15) is 0 Å². The van der Waals surface area contributed by atoms with Crippen LogP contribution in [0, 0.1) is 0 Å². The molecule has 0 radical (unpaired) electrons. The molecule has 0 amide bonds. The third-order valence-corrected chi connectivity index (χ3v) is 8.97. The highest BCUT2D eigenvalue weighted by molar-refractivity contribution is 7.90. The molecule has 3 aromatic rings. The predicted octanol–water partition coefficient (Wildman–Crippen LogP) is 5.23. The van der Waals surface area contributed by atoms with Crippen LogP contribution in [0.3, 0.4) is 0 Å². The number of aromatic nitrogens is 1. The lowest BCUT2D eigenvalue weighted by Gasteiger charge is -2.19. The fraction of sp³-hybridized carbons (Fsp3) is 0.320. The molecule has 0 atom stereocenters. The van der Waals surface area contributed by atoms with Gasteiger partial charge in [0, 0.05) is 17.0 Å². The van der Waals surface area contributed by atoms with Crippen molar-refractivity contribution >= 4 is 40.6 Å². The van der Waals surface area contributed by atoms with E-state index in [0.717, 1.165) is 3.97 Å². The summed E-state index contributed by atoms with van der Waals surface area (Å²) >= 11 is 0. The Labute approximate surface area is 211 Å². The van der Waals surface area contributed by atoms with Gasteiger partial charge in [0.2, 0.25) is 0 Å². The standard InChI is InChI=1S/C25H30NO8PS/c1-5-32-25(27)16-14-21-22-17-19(31-4)13-15-23(22)26(36(29,30)20-11-9-8-10-12-20)24(21)18-35(28,33-6-2)34-7-3/h8-17H,5-7,18H2,1-4H3/b16-14+. The van der Waals surface area contributed by atoms with Crippen LogP contribution in [0.2, 0.25) is 0 Å². The third-order valence-electron chi connectivity index (χ3n) is 5.22. The lowest BCUT2D eigenvalue weighted by Crippen LogP contribution is -2.17. The number of benzene rings is 2. The molecule has 1 aromatic heterocycles. The monoisotopic (exact) mass is 535 g/mol. The van der Waals surface area contributed by atoms with Crippen LogP contribution >= 0.6 is 7.60 Å². The fourth-order valence-corrected chi connectivity index (χ4v) is 7.20. The first kappa shape index (κ1) is 27.7. The minimum Gasteiger partial charge on any atom is -0.497 e. The first-order chi connectivity index (χ1) is 17.2. The maximum Gasteiger partial charge on any atom is 0.336 e. The number of hydrogen-bond donors (Lipinski definition) is 0. The fourth-order valence-electron chi connectivity index (χ4n) is 3.80. The number of carbonyl (C=O) groups excluding carboxylic acids is 1. The second-order valence-electron chi connectivity index (χ2n) is 7.52. The van der Waals surface area contributed by atoms with Gasteiger partial charge in [-0.05, 0) is 57.2 Å². The van der Waals surface area contributed by atoms with Crippen molar-refractivity contribution in [3.05, 3.63) is 65.9 Å². The molecular weight excluding hydrogens is 505 g/mol. The van der Waals surface area contributed by atoms with Crippen LogP contribution in [0.4, 0.5) is 0 Å². The number of carbonyl (C=O) groups is 1. The highest BCUT2D eigenvalue weighted by atomic mass is 32.2. The minimum atomic E-state index is -4.15. The smallest absolute Gasteiger partial charge is 0.336 e. The van der Waals surface area contributed by atoms with E-state index in [1.165, 1.54) is 31.4 Å². The maximum atomic E-state index is 13.9. The molecule has 0 aliphatic heterocycles. The molecule has 0 N–H and O–H groups in total. The molecule has 0 spiro atoms. The normalized spacial score (nSPS) is 12.3. The molecule has 0 fully saturated rings. The minimum absolute atomic E-state index is 0.0440. The first-order valence-electron chi connectivity index (χ1n) is 11.5. The number of fused-ring (bicyclic) bond motifs is 1. The van der Waals surface area contributed by atoms with Gasteiger partial charge in [0.05, 0.1) is 49.2 Å². The lowest BCUT2D eigenvalue weighted by atomic mass is 10.1. The number of esters is 1. The molecule has 0 aliphatic carbocycles. The van der Waals surface area contributed by atoms with Crippen LogP contribution < -0.4 is 4.74 Å². The van der Waals surface area contributed by atoms with Crippen molar-refractivity contribution in [2.45, 2.75) is 31.8 Å². The Balaban J connectivity index is 2.41. The van der Waals surface area contributed by atoms with E-state index in [0.29, 0.717) is 22.2 Å². The van der Waals surface area contributed by atoms with Gasteiger partial charge in [-0.3, -0.25) is 4.57 Å². The second-order valence-corrected chi connectivity index (χ2v) is 11.4. The average molecular weight is 536 g/mol. The van der Waals surface area contributed by atoms with E-state index in [4.69, 9.17) is 18.5 Å². The number of methoxy groups -OCH3 is 1. The van der Waals surface area contributed by atoms with Crippen molar-refractivity contribution in [2.24, 2.45) is 0 Å². The van der Waals surface area contributed by atoms with Crippen molar-refractivity contribution in [2.75, 3.05) is 26.9 Å². The highest BCUT2D eigenvalue weighted by Crippen LogP contribution is 2.53. The van der Waals surface area contributed by atoms with Gasteiger partial charge in [-0.15, -0.1) is 0 Å². The number of nitrogens with zero attached hydrogens (tertiary/aromatic N) is 1. The van der Waals surface area contributed by atoms with Crippen LogP contribution in [0.25, 0.3) is 17.0 Å². The largest absolute Gasteiger partial charge is 0.497 e. The van der Waals surface area contributed by atoms with Crippen molar-refractivity contribution in [3.8, 4) is 5.75 Å². The van der Waals surface area contributed by atoms with Gasteiger partial charge in [-0.1, -0.05) is 18.2 Å². The van der Waals surface area contributed by atoms with E-state index in [1.54, 1.807) is 57.2 Å². The molecule has 9 nitrogen and oxygen atoms in total. The average Bonchev–Trinajstić information content (AvgIpc) is 3.15. The summed E-state index contributed by atoms with van der Waals surface area (Å²) in [5.41, 5.74) is 0.821. The van der Waals surface area contributed by atoms with E-state index in [2.05, 4.69) is 0 Å².